The first-order valence-electron chi connectivity index (χ1n) is 7.82. The summed E-state index contributed by atoms with van der Waals surface area (Å²) in [5.41, 5.74) is -1.74. The van der Waals surface area contributed by atoms with E-state index in [1.165, 1.54) is 0 Å². The molecule has 0 N–H and O–H groups in total. The minimum Gasteiger partial charge on any atom is -0.463 e. The van der Waals surface area contributed by atoms with E-state index >= 15 is 0 Å². The van der Waals surface area contributed by atoms with E-state index in [1.54, 1.807) is 0 Å². The normalized spacial score (nSPS) is 28.0. The minimum absolute atomic E-state index is 0.482. The Morgan fingerprint density at radius 3 is 1.63 bits per heavy atom. The van der Waals surface area contributed by atoms with Gasteiger partial charge in [0, 0.05) is 34.0 Å². The van der Waals surface area contributed by atoms with Crippen molar-refractivity contribution in [2.45, 2.75) is 57.5 Å². The Labute approximate surface area is 156 Å². The maximum Gasteiger partial charge on any atom is 0.303 e. The van der Waals surface area contributed by atoms with Crippen LogP contribution >= 0.6 is 0 Å². The molecule has 5 atom stereocenters. The van der Waals surface area contributed by atoms with E-state index in [1.807, 2.05) is 0 Å². The zero-order chi connectivity index (χ0) is 20.9. The molecule has 0 saturated carbocycles. The predicted molar refractivity (Wildman–Crippen MR) is 86.8 cm³/mol. The number of sulfone groups is 1. The maximum atomic E-state index is 12.1. The molecule has 12 heteroatoms. The molecular formula is C15H22O11S. The fourth-order valence-corrected chi connectivity index (χ4v) is 3.58. The van der Waals surface area contributed by atoms with Crippen LogP contribution < -0.4 is 0 Å². The van der Waals surface area contributed by atoms with Gasteiger partial charge in [0.05, 0.1) is 0 Å². The number of carbonyl (C=O) groups is 4. The molecule has 1 aliphatic rings. The Morgan fingerprint density at radius 2 is 1.22 bits per heavy atom. The molecule has 1 heterocycles. The summed E-state index contributed by atoms with van der Waals surface area (Å²) in [5.74, 6) is -3.20. The molecule has 0 aromatic carbocycles. The van der Waals surface area contributed by atoms with Crippen molar-refractivity contribution in [1.29, 1.82) is 0 Å². The molecule has 1 fully saturated rings. The lowest BCUT2D eigenvalue weighted by molar-refractivity contribution is -0.238. The summed E-state index contributed by atoms with van der Waals surface area (Å²) in [4.78, 5) is 45.6. The Bertz CT molecular complexity index is 699. The topological polar surface area (TPSA) is 149 Å². The van der Waals surface area contributed by atoms with Gasteiger partial charge in [-0.2, -0.15) is 0 Å². The van der Waals surface area contributed by atoms with Crippen molar-refractivity contribution < 1.29 is 51.3 Å². The highest BCUT2D eigenvalue weighted by molar-refractivity contribution is 7.91. The van der Waals surface area contributed by atoms with Crippen molar-refractivity contribution in [3.63, 3.8) is 0 Å². The second kappa shape index (κ2) is 9.13. The van der Waals surface area contributed by atoms with Gasteiger partial charge in [-0.3, -0.25) is 19.2 Å². The highest BCUT2D eigenvalue weighted by Gasteiger charge is 2.55. The second-order valence-corrected chi connectivity index (χ2v) is 8.02. The van der Waals surface area contributed by atoms with Crippen LogP contribution in [0.3, 0.4) is 0 Å². The third-order valence-corrected chi connectivity index (χ3v) is 4.59. The molecule has 0 aromatic heterocycles. The number of esters is 4. The van der Waals surface area contributed by atoms with Gasteiger partial charge in [0.2, 0.25) is 0 Å². The Hall–Kier alpha value is -2.21. The van der Waals surface area contributed by atoms with Crippen LogP contribution in [0.2, 0.25) is 0 Å². The first-order valence-corrected chi connectivity index (χ1v) is 9.77. The molecule has 11 nitrogen and oxygen atoms in total. The molecule has 0 spiro atoms. The summed E-state index contributed by atoms with van der Waals surface area (Å²) in [7, 11) is -3.98. The quantitative estimate of drug-likeness (QED) is 0.396. The Balaban J connectivity index is 3.40. The minimum atomic E-state index is -3.98. The maximum absolute atomic E-state index is 12.1. The van der Waals surface area contributed by atoms with E-state index < -0.39 is 70.2 Å². The van der Waals surface area contributed by atoms with Crippen molar-refractivity contribution >= 4 is 33.7 Å². The average Bonchev–Trinajstić information content (AvgIpc) is 2.46. The van der Waals surface area contributed by atoms with Crippen molar-refractivity contribution in [1.82, 2.24) is 0 Å². The van der Waals surface area contributed by atoms with E-state index in [-0.39, 0.29) is 0 Å². The third kappa shape index (κ3) is 6.79. The summed E-state index contributed by atoms with van der Waals surface area (Å²) in [6, 6.07) is 0. The van der Waals surface area contributed by atoms with Gasteiger partial charge < -0.3 is 23.7 Å². The number of rotatable bonds is 6. The van der Waals surface area contributed by atoms with E-state index in [0.717, 1.165) is 34.0 Å². The second-order valence-electron chi connectivity index (χ2n) is 5.90. The van der Waals surface area contributed by atoms with Crippen LogP contribution in [0.1, 0.15) is 27.7 Å². The molecule has 0 unspecified atom stereocenters. The molecule has 0 aliphatic carbocycles. The SMILES string of the molecule is CC(=O)OC[C@H]1O[C@@H](S(C)(=O)=O)[C@H](OC(C)=O)[C@@H](OC(C)=O)[C@H]1OC(C)=O. The van der Waals surface area contributed by atoms with E-state index in [0.29, 0.717) is 0 Å². The van der Waals surface area contributed by atoms with Gasteiger partial charge in [-0.25, -0.2) is 8.42 Å². The van der Waals surface area contributed by atoms with Gasteiger partial charge in [-0.15, -0.1) is 0 Å². The highest BCUT2D eigenvalue weighted by Crippen LogP contribution is 2.31. The molecule has 1 saturated heterocycles. The lowest BCUT2D eigenvalue weighted by Gasteiger charge is -2.43. The van der Waals surface area contributed by atoms with Crippen molar-refractivity contribution in [2.24, 2.45) is 0 Å². The lowest BCUT2D eigenvalue weighted by atomic mass is 9.99. The van der Waals surface area contributed by atoms with E-state index in [2.05, 4.69) is 0 Å². The largest absolute Gasteiger partial charge is 0.463 e. The van der Waals surface area contributed by atoms with Gasteiger partial charge >= 0.3 is 23.9 Å². The standard InChI is InChI=1S/C15H22O11S/c1-7(16)22-6-11-12(23-8(2)17)13(24-9(3)18)14(25-10(4)19)15(26-11)27(5,20)21/h11-15H,6H2,1-5H3/t11-,12+,13+,14-,15+/m1/s1. The summed E-state index contributed by atoms with van der Waals surface area (Å²) in [6.45, 7) is 3.77. The summed E-state index contributed by atoms with van der Waals surface area (Å²) >= 11 is 0. The number of hydrogen-bond acceptors (Lipinski definition) is 11. The Morgan fingerprint density at radius 1 is 0.778 bits per heavy atom. The molecule has 1 aliphatic heterocycles. The molecular weight excluding hydrogens is 388 g/mol. The van der Waals surface area contributed by atoms with Gasteiger partial charge in [-0.05, 0) is 0 Å². The van der Waals surface area contributed by atoms with Gasteiger partial charge in [0.25, 0.3) is 0 Å². The lowest BCUT2D eigenvalue weighted by Crippen LogP contribution is -2.63. The molecule has 0 radical (unpaired) electrons. The van der Waals surface area contributed by atoms with Gasteiger partial charge in [-0.1, -0.05) is 0 Å². The van der Waals surface area contributed by atoms with Crippen LogP contribution in [0.15, 0.2) is 0 Å². The zero-order valence-electron chi connectivity index (χ0n) is 15.5. The van der Waals surface area contributed by atoms with Crippen molar-refractivity contribution in [3.8, 4) is 0 Å². The molecule has 27 heavy (non-hydrogen) atoms. The van der Waals surface area contributed by atoms with Crippen LogP contribution in [0.25, 0.3) is 0 Å². The monoisotopic (exact) mass is 410 g/mol. The van der Waals surface area contributed by atoms with Crippen LogP contribution in [0.5, 0.6) is 0 Å². The first-order chi connectivity index (χ1) is 12.3. The molecule has 0 bridgehead atoms. The highest BCUT2D eigenvalue weighted by atomic mass is 32.2. The van der Waals surface area contributed by atoms with Crippen LogP contribution in [-0.2, 0) is 52.7 Å². The fourth-order valence-electron chi connectivity index (χ4n) is 2.53. The molecule has 1 rings (SSSR count). The predicted octanol–water partition coefficient (Wildman–Crippen LogP) is -0.886. The fraction of sp³-hybridized carbons (Fsp3) is 0.733. The number of ether oxygens (including phenoxy) is 5. The zero-order valence-corrected chi connectivity index (χ0v) is 16.3. The third-order valence-electron chi connectivity index (χ3n) is 3.37. The Kier molecular flexibility index (Phi) is 7.72. The number of carbonyl (C=O) groups excluding carboxylic acids is 4. The molecule has 0 amide bonds. The van der Waals surface area contributed by atoms with Gasteiger partial charge in [0.1, 0.15) is 12.7 Å². The molecule has 154 valence electrons. The smallest absolute Gasteiger partial charge is 0.303 e. The average molecular weight is 410 g/mol. The van der Waals surface area contributed by atoms with Crippen molar-refractivity contribution in [3.05, 3.63) is 0 Å². The van der Waals surface area contributed by atoms with Crippen LogP contribution in [0, 0.1) is 0 Å². The summed E-state index contributed by atoms with van der Waals surface area (Å²) in [5, 5.41) is 0. The summed E-state index contributed by atoms with van der Waals surface area (Å²) < 4.78 is 49.8. The molecule has 0 aromatic rings. The van der Waals surface area contributed by atoms with Crippen molar-refractivity contribution in [2.75, 3.05) is 12.9 Å². The van der Waals surface area contributed by atoms with Gasteiger partial charge in [0.15, 0.2) is 33.6 Å². The number of hydrogen-bond donors (Lipinski definition) is 0. The van der Waals surface area contributed by atoms with E-state index in [9.17, 15) is 27.6 Å². The van der Waals surface area contributed by atoms with Crippen LogP contribution in [-0.4, -0.2) is 75.0 Å². The first kappa shape index (κ1) is 22.8. The van der Waals surface area contributed by atoms with Crippen LogP contribution in [0.4, 0.5) is 0 Å². The summed E-state index contributed by atoms with van der Waals surface area (Å²) in [6.07, 6.45) is -4.93. The van der Waals surface area contributed by atoms with E-state index in [4.69, 9.17) is 23.7 Å².